The Labute approximate surface area is 164 Å². The number of amides is 1. The molecule has 1 saturated heterocycles. The number of benzene rings is 1. The minimum Gasteiger partial charge on any atom is -0.486 e. The highest BCUT2D eigenvalue weighted by Gasteiger charge is 2.30. The molecular formula is C18H24N2O7S. The first-order valence-electron chi connectivity index (χ1n) is 9.02. The minimum absolute atomic E-state index is 0.224. The van der Waals surface area contributed by atoms with Crippen molar-refractivity contribution in [1.82, 2.24) is 4.90 Å². The summed E-state index contributed by atoms with van der Waals surface area (Å²) < 4.78 is 41.4. The third kappa shape index (κ3) is 4.49. The van der Waals surface area contributed by atoms with Crippen LogP contribution >= 0.6 is 0 Å². The zero-order valence-corrected chi connectivity index (χ0v) is 16.7. The molecule has 0 N–H and O–H groups in total. The van der Waals surface area contributed by atoms with Gasteiger partial charge in [-0.3, -0.25) is 13.9 Å². The van der Waals surface area contributed by atoms with E-state index in [1.54, 1.807) is 23.1 Å². The molecule has 2 aliphatic heterocycles. The van der Waals surface area contributed by atoms with Crippen LogP contribution in [0.3, 0.4) is 0 Å². The lowest BCUT2D eigenvalue weighted by Crippen LogP contribution is -2.46. The number of carbonyl (C=O) groups excluding carboxylic acids is 2. The fraction of sp³-hybridized carbons (Fsp3) is 0.556. The molecule has 0 bridgehead atoms. The Balaban J connectivity index is 1.72. The minimum atomic E-state index is -3.69. The predicted molar refractivity (Wildman–Crippen MR) is 101 cm³/mol. The highest BCUT2D eigenvalue weighted by molar-refractivity contribution is 7.92. The topological polar surface area (TPSA) is 102 Å². The molecule has 9 nitrogen and oxygen atoms in total. The van der Waals surface area contributed by atoms with Crippen LogP contribution in [0.25, 0.3) is 0 Å². The number of fused-ring (bicyclic) bond motifs is 1. The average Bonchev–Trinajstić information content (AvgIpc) is 2.70. The first-order chi connectivity index (χ1) is 13.3. The quantitative estimate of drug-likeness (QED) is 0.654. The Hall–Kier alpha value is -2.49. The maximum atomic E-state index is 12.7. The van der Waals surface area contributed by atoms with Crippen molar-refractivity contribution in [3.63, 3.8) is 0 Å². The highest BCUT2D eigenvalue weighted by atomic mass is 32.2. The van der Waals surface area contributed by atoms with Crippen molar-refractivity contribution in [1.29, 1.82) is 0 Å². The smallest absolute Gasteiger partial charge is 0.308 e. The Morgan fingerprint density at radius 1 is 1.18 bits per heavy atom. The molecule has 1 aromatic rings. The normalized spacial score (nSPS) is 17.1. The van der Waals surface area contributed by atoms with Crippen LogP contribution in [0.2, 0.25) is 0 Å². The molecule has 1 aromatic carbocycles. The molecule has 0 saturated carbocycles. The lowest BCUT2D eigenvalue weighted by molar-refractivity contribution is -0.148. The third-order valence-electron chi connectivity index (χ3n) is 4.88. The molecule has 0 radical (unpaired) electrons. The van der Waals surface area contributed by atoms with Crippen molar-refractivity contribution >= 4 is 27.6 Å². The maximum absolute atomic E-state index is 12.7. The van der Waals surface area contributed by atoms with E-state index in [1.165, 1.54) is 7.11 Å². The van der Waals surface area contributed by atoms with Gasteiger partial charge in [-0.15, -0.1) is 0 Å². The zero-order valence-electron chi connectivity index (χ0n) is 15.9. The Bertz CT molecular complexity index is 847. The molecule has 10 heteroatoms. The van der Waals surface area contributed by atoms with E-state index in [2.05, 4.69) is 0 Å². The first-order valence-corrected chi connectivity index (χ1v) is 10.9. The summed E-state index contributed by atoms with van der Waals surface area (Å²) in [5.74, 6) is 0.172. The number of anilines is 1. The van der Waals surface area contributed by atoms with Crippen LogP contribution in [0.1, 0.15) is 12.8 Å². The number of methoxy groups -OCH3 is 1. The summed E-state index contributed by atoms with van der Waals surface area (Å²) in [6.45, 7) is 1.27. The van der Waals surface area contributed by atoms with Crippen molar-refractivity contribution in [3.8, 4) is 11.5 Å². The summed E-state index contributed by atoms with van der Waals surface area (Å²) in [5.41, 5.74) is 0.338. The molecule has 0 spiro atoms. The van der Waals surface area contributed by atoms with E-state index in [4.69, 9.17) is 14.2 Å². The van der Waals surface area contributed by atoms with Crippen LogP contribution in [0.15, 0.2) is 18.2 Å². The number of esters is 1. The maximum Gasteiger partial charge on any atom is 0.308 e. The van der Waals surface area contributed by atoms with E-state index in [-0.39, 0.29) is 24.3 Å². The van der Waals surface area contributed by atoms with Crippen LogP contribution in [0.4, 0.5) is 5.69 Å². The number of carbonyl (C=O) groups is 2. The van der Waals surface area contributed by atoms with Gasteiger partial charge in [0, 0.05) is 19.2 Å². The lowest BCUT2D eigenvalue weighted by Gasteiger charge is -2.32. The van der Waals surface area contributed by atoms with Crippen molar-refractivity contribution in [3.05, 3.63) is 18.2 Å². The fourth-order valence-corrected chi connectivity index (χ4v) is 4.18. The van der Waals surface area contributed by atoms with E-state index in [0.29, 0.717) is 56.3 Å². The SMILES string of the molecule is COC(=O)C1CCN(C(=O)CN(c2ccc3c(c2)OCCO3)S(C)(=O)=O)CC1. The molecule has 2 aliphatic rings. The Morgan fingerprint density at radius 3 is 2.43 bits per heavy atom. The Kier molecular flexibility index (Phi) is 5.97. The third-order valence-corrected chi connectivity index (χ3v) is 6.02. The average molecular weight is 412 g/mol. The van der Waals surface area contributed by atoms with E-state index in [9.17, 15) is 18.0 Å². The number of likely N-dealkylation sites (tertiary alicyclic amines) is 1. The number of rotatable bonds is 5. The predicted octanol–water partition coefficient (Wildman–Crippen LogP) is 0.635. The second-order valence-electron chi connectivity index (χ2n) is 6.78. The standard InChI is InChI=1S/C18H24N2O7S/c1-25-18(22)13-5-7-19(8-6-13)17(21)12-20(28(2,23)24)14-3-4-15-16(11-14)27-10-9-26-15/h3-4,11,13H,5-10,12H2,1-2H3. The summed E-state index contributed by atoms with van der Waals surface area (Å²) >= 11 is 0. The van der Waals surface area contributed by atoms with Crippen LogP contribution in [0.5, 0.6) is 11.5 Å². The number of ether oxygens (including phenoxy) is 3. The van der Waals surface area contributed by atoms with Gasteiger partial charge in [0.2, 0.25) is 15.9 Å². The number of hydrogen-bond donors (Lipinski definition) is 0. The first kappa shape index (κ1) is 20.2. The second kappa shape index (κ2) is 8.26. The molecule has 1 amide bonds. The van der Waals surface area contributed by atoms with E-state index in [1.807, 2.05) is 0 Å². The highest BCUT2D eigenvalue weighted by Crippen LogP contribution is 2.34. The molecule has 0 unspecified atom stereocenters. The summed E-state index contributed by atoms with van der Waals surface area (Å²) in [7, 11) is -2.35. The van der Waals surface area contributed by atoms with Crippen LogP contribution in [0, 0.1) is 5.92 Å². The molecule has 1 fully saturated rings. The molecule has 0 atom stereocenters. The largest absolute Gasteiger partial charge is 0.486 e. The van der Waals surface area contributed by atoms with Crippen LogP contribution in [-0.4, -0.2) is 71.4 Å². The van der Waals surface area contributed by atoms with Crippen molar-refractivity contribution in [2.45, 2.75) is 12.8 Å². The number of nitrogens with zero attached hydrogens (tertiary/aromatic N) is 2. The van der Waals surface area contributed by atoms with Gasteiger partial charge in [-0.2, -0.15) is 0 Å². The molecule has 154 valence electrons. The zero-order chi connectivity index (χ0) is 20.3. The van der Waals surface area contributed by atoms with E-state index in [0.717, 1.165) is 10.6 Å². The van der Waals surface area contributed by atoms with Gasteiger partial charge in [0.05, 0.1) is 25.0 Å². The van der Waals surface area contributed by atoms with Gasteiger partial charge >= 0.3 is 5.97 Å². The summed E-state index contributed by atoms with van der Waals surface area (Å²) in [4.78, 5) is 25.9. The molecular weight excluding hydrogens is 388 g/mol. The van der Waals surface area contributed by atoms with Gasteiger partial charge in [-0.25, -0.2) is 8.42 Å². The van der Waals surface area contributed by atoms with Gasteiger partial charge in [0.15, 0.2) is 11.5 Å². The molecule has 28 heavy (non-hydrogen) atoms. The van der Waals surface area contributed by atoms with Gasteiger partial charge < -0.3 is 19.1 Å². The monoisotopic (exact) mass is 412 g/mol. The molecule has 3 rings (SSSR count). The van der Waals surface area contributed by atoms with E-state index < -0.39 is 10.0 Å². The molecule has 0 aliphatic carbocycles. The molecule has 2 heterocycles. The van der Waals surface area contributed by atoms with Gasteiger partial charge in [0.1, 0.15) is 19.8 Å². The second-order valence-corrected chi connectivity index (χ2v) is 8.68. The van der Waals surface area contributed by atoms with Gasteiger partial charge in [-0.1, -0.05) is 0 Å². The van der Waals surface area contributed by atoms with Gasteiger partial charge in [0.25, 0.3) is 0 Å². The summed E-state index contributed by atoms with van der Waals surface area (Å²) in [6, 6.07) is 4.78. The number of hydrogen-bond acceptors (Lipinski definition) is 7. The van der Waals surface area contributed by atoms with Crippen molar-refractivity contribution in [2.75, 3.05) is 50.5 Å². The summed E-state index contributed by atoms with van der Waals surface area (Å²) in [6.07, 6.45) is 2.06. The van der Waals surface area contributed by atoms with E-state index >= 15 is 0 Å². The fourth-order valence-electron chi connectivity index (χ4n) is 3.34. The number of piperidine rings is 1. The molecule has 0 aromatic heterocycles. The van der Waals surface area contributed by atoms with Crippen molar-refractivity contribution in [2.24, 2.45) is 5.92 Å². The lowest BCUT2D eigenvalue weighted by atomic mass is 9.97. The summed E-state index contributed by atoms with van der Waals surface area (Å²) in [5, 5.41) is 0. The van der Waals surface area contributed by atoms with Crippen LogP contribution in [-0.2, 0) is 24.3 Å². The Morgan fingerprint density at radius 2 is 1.82 bits per heavy atom. The van der Waals surface area contributed by atoms with Gasteiger partial charge in [-0.05, 0) is 25.0 Å². The van der Waals surface area contributed by atoms with Crippen LogP contribution < -0.4 is 13.8 Å². The van der Waals surface area contributed by atoms with Crippen molar-refractivity contribution < 1.29 is 32.2 Å². The number of sulfonamides is 1.